The standard InChI is InChI=1S/C15H23NO2/c1-3-11-18-15-9-5-4-8-14(15)13-16-10-6-7-12-17-2/h3-5,8-9,16H,1,6-7,10-13H2,2H3. The summed E-state index contributed by atoms with van der Waals surface area (Å²) in [6.07, 6.45) is 3.98. The number of benzene rings is 1. The summed E-state index contributed by atoms with van der Waals surface area (Å²) in [4.78, 5) is 0. The van der Waals surface area contributed by atoms with Crippen LogP contribution >= 0.6 is 0 Å². The Morgan fingerprint density at radius 3 is 2.89 bits per heavy atom. The van der Waals surface area contributed by atoms with E-state index in [9.17, 15) is 0 Å². The molecule has 0 amide bonds. The average molecular weight is 249 g/mol. The third-order valence-electron chi connectivity index (χ3n) is 2.60. The average Bonchev–Trinajstić information content (AvgIpc) is 2.41. The maximum Gasteiger partial charge on any atom is 0.124 e. The van der Waals surface area contributed by atoms with E-state index in [1.807, 2.05) is 18.2 Å². The van der Waals surface area contributed by atoms with Crippen molar-refractivity contribution < 1.29 is 9.47 Å². The topological polar surface area (TPSA) is 30.5 Å². The molecule has 1 aromatic carbocycles. The Kier molecular flexibility index (Phi) is 7.93. The van der Waals surface area contributed by atoms with Crippen LogP contribution in [0.1, 0.15) is 18.4 Å². The van der Waals surface area contributed by atoms with Crippen LogP contribution < -0.4 is 10.1 Å². The summed E-state index contributed by atoms with van der Waals surface area (Å²) < 4.78 is 10.6. The highest BCUT2D eigenvalue weighted by Gasteiger charge is 2.01. The van der Waals surface area contributed by atoms with Crippen molar-refractivity contribution in [1.82, 2.24) is 5.32 Å². The molecule has 0 aliphatic heterocycles. The summed E-state index contributed by atoms with van der Waals surface area (Å²) in [5.41, 5.74) is 1.19. The van der Waals surface area contributed by atoms with Crippen molar-refractivity contribution in [2.24, 2.45) is 0 Å². The number of hydrogen-bond acceptors (Lipinski definition) is 3. The lowest BCUT2D eigenvalue weighted by atomic mass is 10.2. The van der Waals surface area contributed by atoms with Gasteiger partial charge in [-0.3, -0.25) is 0 Å². The molecule has 0 aliphatic carbocycles. The Bertz CT molecular complexity index is 339. The van der Waals surface area contributed by atoms with Gasteiger partial charge in [0, 0.05) is 25.8 Å². The fourth-order valence-electron chi connectivity index (χ4n) is 1.66. The van der Waals surface area contributed by atoms with E-state index in [0.717, 1.165) is 38.3 Å². The minimum Gasteiger partial charge on any atom is -0.489 e. The molecular formula is C15H23NO2. The van der Waals surface area contributed by atoms with Gasteiger partial charge in [0.15, 0.2) is 0 Å². The van der Waals surface area contributed by atoms with Crippen molar-refractivity contribution in [3.05, 3.63) is 42.5 Å². The van der Waals surface area contributed by atoms with Gasteiger partial charge in [0.25, 0.3) is 0 Å². The fourth-order valence-corrected chi connectivity index (χ4v) is 1.66. The molecule has 3 heteroatoms. The van der Waals surface area contributed by atoms with Gasteiger partial charge in [-0.1, -0.05) is 30.9 Å². The highest BCUT2D eigenvalue weighted by molar-refractivity contribution is 5.33. The van der Waals surface area contributed by atoms with Gasteiger partial charge < -0.3 is 14.8 Å². The zero-order chi connectivity index (χ0) is 13.1. The van der Waals surface area contributed by atoms with E-state index < -0.39 is 0 Å². The Balaban J connectivity index is 2.29. The molecule has 1 rings (SSSR count). The third kappa shape index (κ3) is 5.84. The highest BCUT2D eigenvalue weighted by Crippen LogP contribution is 2.17. The lowest BCUT2D eigenvalue weighted by Gasteiger charge is -2.10. The molecule has 0 radical (unpaired) electrons. The molecular weight excluding hydrogens is 226 g/mol. The Labute approximate surface area is 110 Å². The van der Waals surface area contributed by atoms with Gasteiger partial charge in [0.2, 0.25) is 0 Å². The summed E-state index contributed by atoms with van der Waals surface area (Å²) in [7, 11) is 1.74. The van der Waals surface area contributed by atoms with Crippen LogP contribution in [0.15, 0.2) is 36.9 Å². The van der Waals surface area contributed by atoms with Crippen molar-refractivity contribution in [1.29, 1.82) is 0 Å². The van der Waals surface area contributed by atoms with Crippen LogP contribution in [-0.4, -0.2) is 26.9 Å². The van der Waals surface area contributed by atoms with Gasteiger partial charge in [0.05, 0.1) is 0 Å². The molecule has 1 N–H and O–H groups in total. The maximum absolute atomic E-state index is 5.60. The summed E-state index contributed by atoms with van der Waals surface area (Å²) in [5, 5.41) is 3.42. The predicted octanol–water partition coefficient (Wildman–Crippen LogP) is 2.77. The first-order valence-corrected chi connectivity index (χ1v) is 6.39. The fraction of sp³-hybridized carbons (Fsp3) is 0.467. The molecule has 0 heterocycles. The molecule has 0 atom stereocenters. The smallest absolute Gasteiger partial charge is 0.124 e. The number of nitrogens with one attached hydrogen (secondary N) is 1. The lowest BCUT2D eigenvalue weighted by Crippen LogP contribution is -2.16. The van der Waals surface area contributed by atoms with Gasteiger partial charge in [0.1, 0.15) is 12.4 Å². The molecule has 1 aromatic rings. The van der Waals surface area contributed by atoms with Crippen molar-refractivity contribution in [2.75, 3.05) is 26.9 Å². The number of ether oxygens (including phenoxy) is 2. The first kappa shape index (κ1) is 14.7. The van der Waals surface area contributed by atoms with E-state index in [2.05, 4.69) is 18.0 Å². The Morgan fingerprint density at radius 2 is 2.11 bits per heavy atom. The van der Waals surface area contributed by atoms with Crippen LogP contribution in [0.5, 0.6) is 5.75 Å². The summed E-state index contributed by atoms with van der Waals surface area (Å²) in [6.45, 7) is 6.87. The number of para-hydroxylation sites is 1. The number of methoxy groups -OCH3 is 1. The molecule has 0 bridgehead atoms. The molecule has 100 valence electrons. The van der Waals surface area contributed by atoms with Gasteiger partial charge in [-0.15, -0.1) is 0 Å². The Morgan fingerprint density at radius 1 is 1.28 bits per heavy atom. The zero-order valence-corrected chi connectivity index (χ0v) is 11.2. The second-order valence-electron chi connectivity index (χ2n) is 4.08. The van der Waals surface area contributed by atoms with Gasteiger partial charge >= 0.3 is 0 Å². The van der Waals surface area contributed by atoms with Gasteiger partial charge in [-0.05, 0) is 25.5 Å². The van der Waals surface area contributed by atoms with Crippen LogP contribution in [0.25, 0.3) is 0 Å². The predicted molar refractivity (Wildman–Crippen MR) is 75.0 cm³/mol. The third-order valence-corrected chi connectivity index (χ3v) is 2.60. The molecule has 0 aliphatic rings. The molecule has 0 fully saturated rings. The molecule has 0 aromatic heterocycles. The minimum absolute atomic E-state index is 0.546. The van der Waals surface area contributed by atoms with Crippen LogP contribution in [-0.2, 0) is 11.3 Å². The second-order valence-corrected chi connectivity index (χ2v) is 4.08. The number of rotatable bonds is 10. The van der Waals surface area contributed by atoms with E-state index in [1.54, 1.807) is 13.2 Å². The van der Waals surface area contributed by atoms with E-state index >= 15 is 0 Å². The molecule has 0 unspecified atom stereocenters. The monoisotopic (exact) mass is 249 g/mol. The van der Waals surface area contributed by atoms with Crippen LogP contribution in [0.4, 0.5) is 0 Å². The Hall–Kier alpha value is -1.32. The number of hydrogen-bond donors (Lipinski definition) is 1. The maximum atomic E-state index is 5.60. The van der Waals surface area contributed by atoms with E-state index in [-0.39, 0.29) is 0 Å². The highest BCUT2D eigenvalue weighted by atomic mass is 16.5. The van der Waals surface area contributed by atoms with Crippen molar-refractivity contribution in [2.45, 2.75) is 19.4 Å². The molecule has 0 saturated carbocycles. The summed E-state index contributed by atoms with van der Waals surface area (Å²) >= 11 is 0. The van der Waals surface area contributed by atoms with Gasteiger partial charge in [-0.25, -0.2) is 0 Å². The normalized spacial score (nSPS) is 10.3. The molecule has 0 saturated heterocycles. The largest absolute Gasteiger partial charge is 0.489 e. The first-order valence-electron chi connectivity index (χ1n) is 6.39. The van der Waals surface area contributed by atoms with Crippen molar-refractivity contribution in [3.8, 4) is 5.75 Å². The second kappa shape index (κ2) is 9.68. The molecule has 0 spiro atoms. The SMILES string of the molecule is C=CCOc1ccccc1CNCCCCOC. The minimum atomic E-state index is 0.546. The van der Waals surface area contributed by atoms with Crippen molar-refractivity contribution in [3.63, 3.8) is 0 Å². The van der Waals surface area contributed by atoms with Crippen LogP contribution in [0.2, 0.25) is 0 Å². The summed E-state index contributed by atoms with van der Waals surface area (Å²) in [6, 6.07) is 8.09. The molecule has 3 nitrogen and oxygen atoms in total. The molecule has 18 heavy (non-hydrogen) atoms. The van der Waals surface area contributed by atoms with Crippen LogP contribution in [0, 0.1) is 0 Å². The van der Waals surface area contributed by atoms with Crippen LogP contribution in [0.3, 0.4) is 0 Å². The quantitative estimate of drug-likeness (QED) is 0.511. The van der Waals surface area contributed by atoms with Gasteiger partial charge in [-0.2, -0.15) is 0 Å². The van der Waals surface area contributed by atoms with E-state index in [0.29, 0.717) is 6.61 Å². The first-order chi connectivity index (χ1) is 8.88. The summed E-state index contributed by atoms with van der Waals surface area (Å²) in [5.74, 6) is 0.932. The lowest BCUT2D eigenvalue weighted by molar-refractivity contribution is 0.192. The number of unbranched alkanes of at least 4 members (excludes halogenated alkanes) is 1. The van der Waals surface area contributed by atoms with E-state index in [4.69, 9.17) is 9.47 Å². The van der Waals surface area contributed by atoms with E-state index in [1.165, 1.54) is 5.56 Å². The van der Waals surface area contributed by atoms with Crippen molar-refractivity contribution >= 4 is 0 Å². The zero-order valence-electron chi connectivity index (χ0n) is 11.2.